The number of amides is 1. The highest BCUT2D eigenvalue weighted by Gasteiger charge is 2.28. The van der Waals surface area contributed by atoms with Crippen LogP contribution in [-0.4, -0.2) is 45.0 Å². The maximum absolute atomic E-state index is 12.4. The van der Waals surface area contributed by atoms with E-state index in [-0.39, 0.29) is 36.2 Å². The molecule has 2 aromatic carbocycles. The van der Waals surface area contributed by atoms with Gasteiger partial charge in [-0.25, -0.2) is 13.1 Å². The third kappa shape index (κ3) is 4.48. The minimum absolute atomic E-state index is 0.0678. The molecule has 1 aliphatic heterocycles. The first-order valence-electron chi connectivity index (χ1n) is 8.08. The SMILES string of the molecule is O=C1COC(CNS(=O)(=O)c2cccc([N+](=O)[O-])c2)CN1c1ccccc1. The average molecular weight is 391 g/mol. The molecule has 1 atom stereocenters. The molecule has 1 N–H and O–H groups in total. The van der Waals surface area contributed by atoms with E-state index in [9.17, 15) is 23.3 Å². The van der Waals surface area contributed by atoms with Crippen LogP contribution in [0.4, 0.5) is 11.4 Å². The third-order valence-electron chi connectivity index (χ3n) is 4.04. The number of rotatable bonds is 6. The molecular weight excluding hydrogens is 374 g/mol. The van der Waals surface area contributed by atoms with E-state index in [0.717, 1.165) is 6.07 Å². The number of non-ortho nitro benzene ring substituents is 1. The van der Waals surface area contributed by atoms with Gasteiger partial charge in [-0.2, -0.15) is 0 Å². The molecular formula is C17H17N3O6S. The van der Waals surface area contributed by atoms with E-state index in [1.807, 2.05) is 6.07 Å². The van der Waals surface area contributed by atoms with Gasteiger partial charge in [0.25, 0.3) is 11.6 Å². The van der Waals surface area contributed by atoms with Gasteiger partial charge in [0.15, 0.2) is 0 Å². The lowest BCUT2D eigenvalue weighted by Gasteiger charge is -2.32. The molecule has 142 valence electrons. The number of nitrogens with one attached hydrogen (secondary N) is 1. The number of carbonyl (C=O) groups is 1. The number of nitro benzene ring substituents is 1. The molecule has 3 rings (SSSR count). The standard InChI is InChI=1S/C17H17N3O6S/c21-17-12-26-15(11-19(17)13-5-2-1-3-6-13)10-18-27(24,25)16-8-4-7-14(9-16)20(22)23/h1-9,15,18H,10-12H2. The van der Waals surface area contributed by atoms with Crippen LogP contribution in [0.2, 0.25) is 0 Å². The van der Waals surface area contributed by atoms with Crippen LogP contribution in [0.1, 0.15) is 0 Å². The number of hydrogen-bond donors (Lipinski definition) is 1. The Hall–Kier alpha value is -2.82. The summed E-state index contributed by atoms with van der Waals surface area (Å²) in [6, 6.07) is 13.8. The van der Waals surface area contributed by atoms with E-state index in [0.29, 0.717) is 5.69 Å². The number of nitro groups is 1. The monoisotopic (exact) mass is 391 g/mol. The van der Waals surface area contributed by atoms with Crippen LogP contribution in [0.5, 0.6) is 0 Å². The summed E-state index contributed by atoms with van der Waals surface area (Å²) in [5.74, 6) is -0.209. The van der Waals surface area contributed by atoms with Crippen molar-refractivity contribution in [3.8, 4) is 0 Å². The molecule has 1 aliphatic rings. The number of anilines is 1. The van der Waals surface area contributed by atoms with Gasteiger partial charge in [0, 0.05) is 24.4 Å². The molecule has 1 amide bonds. The largest absolute Gasteiger partial charge is 0.365 e. The summed E-state index contributed by atoms with van der Waals surface area (Å²) in [6.45, 7) is -0.0277. The summed E-state index contributed by atoms with van der Waals surface area (Å²) < 4.78 is 32.6. The van der Waals surface area contributed by atoms with Gasteiger partial charge in [-0.05, 0) is 18.2 Å². The van der Waals surface area contributed by atoms with Crippen molar-refractivity contribution in [3.05, 3.63) is 64.7 Å². The Morgan fingerprint density at radius 1 is 1.19 bits per heavy atom. The molecule has 0 radical (unpaired) electrons. The lowest BCUT2D eigenvalue weighted by Crippen LogP contribution is -2.50. The van der Waals surface area contributed by atoms with Crippen molar-refractivity contribution in [2.45, 2.75) is 11.0 Å². The van der Waals surface area contributed by atoms with Gasteiger partial charge in [0.05, 0.1) is 22.5 Å². The van der Waals surface area contributed by atoms with Gasteiger partial charge in [-0.15, -0.1) is 0 Å². The fourth-order valence-corrected chi connectivity index (χ4v) is 3.76. The molecule has 0 bridgehead atoms. The predicted molar refractivity (Wildman–Crippen MR) is 96.8 cm³/mol. The van der Waals surface area contributed by atoms with Crippen molar-refractivity contribution in [1.82, 2.24) is 4.72 Å². The quantitative estimate of drug-likeness (QED) is 0.586. The Morgan fingerprint density at radius 2 is 1.93 bits per heavy atom. The smallest absolute Gasteiger partial charge is 0.270 e. The topological polar surface area (TPSA) is 119 Å². The van der Waals surface area contributed by atoms with Crippen LogP contribution >= 0.6 is 0 Å². The van der Waals surface area contributed by atoms with Gasteiger partial charge in [-0.1, -0.05) is 24.3 Å². The van der Waals surface area contributed by atoms with E-state index in [1.54, 1.807) is 24.3 Å². The zero-order valence-corrected chi connectivity index (χ0v) is 15.0. The zero-order chi connectivity index (χ0) is 19.4. The number of sulfonamides is 1. The van der Waals surface area contributed by atoms with Crippen molar-refractivity contribution in [2.24, 2.45) is 0 Å². The predicted octanol–water partition coefficient (Wildman–Crippen LogP) is 1.31. The molecule has 0 saturated carbocycles. The van der Waals surface area contributed by atoms with Crippen LogP contribution in [-0.2, 0) is 19.6 Å². The summed E-state index contributed by atoms with van der Waals surface area (Å²) >= 11 is 0. The Labute approximate surface area is 155 Å². The Morgan fingerprint density at radius 3 is 2.63 bits per heavy atom. The fraction of sp³-hybridized carbons (Fsp3) is 0.235. The fourth-order valence-electron chi connectivity index (χ4n) is 2.66. The van der Waals surface area contributed by atoms with E-state index < -0.39 is 21.1 Å². The zero-order valence-electron chi connectivity index (χ0n) is 14.1. The minimum atomic E-state index is -3.95. The average Bonchev–Trinajstić information content (AvgIpc) is 2.68. The molecule has 1 fully saturated rings. The van der Waals surface area contributed by atoms with Gasteiger partial charge in [-0.3, -0.25) is 14.9 Å². The summed E-state index contributed by atoms with van der Waals surface area (Å²) in [7, 11) is -3.95. The van der Waals surface area contributed by atoms with Crippen molar-refractivity contribution in [3.63, 3.8) is 0 Å². The Kier molecular flexibility index (Phi) is 5.49. The van der Waals surface area contributed by atoms with Crippen LogP contribution in [0.3, 0.4) is 0 Å². The lowest BCUT2D eigenvalue weighted by molar-refractivity contribution is -0.385. The van der Waals surface area contributed by atoms with Crippen molar-refractivity contribution in [1.29, 1.82) is 0 Å². The van der Waals surface area contributed by atoms with Crippen molar-refractivity contribution in [2.75, 3.05) is 24.6 Å². The molecule has 9 nitrogen and oxygen atoms in total. The summed E-state index contributed by atoms with van der Waals surface area (Å²) in [5.41, 5.74) is 0.394. The van der Waals surface area contributed by atoms with E-state index in [1.165, 1.54) is 23.1 Å². The molecule has 10 heteroatoms. The van der Waals surface area contributed by atoms with Crippen molar-refractivity contribution >= 4 is 27.3 Å². The maximum atomic E-state index is 12.4. The molecule has 27 heavy (non-hydrogen) atoms. The maximum Gasteiger partial charge on any atom is 0.270 e. The van der Waals surface area contributed by atoms with Crippen LogP contribution in [0.15, 0.2) is 59.5 Å². The van der Waals surface area contributed by atoms with Crippen LogP contribution in [0.25, 0.3) is 0 Å². The second-order valence-electron chi connectivity index (χ2n) is 5.88. The summed E-state index contributed by atoms with van der Waals surface area (Å²) in [5, 5.41) is 10.8. The van der Waals surface area contributed by atoms with E-state index >= 15 is 0 Å². The number of carbonyl (C=O) groups excluding carboxylic acids is 1. The number of morpholine rings is 1. The Bertz CT molecular complexity index is 948. The summed E-state index contributed by atoms with van der Waals surface area (Å²) in [4.78, 5) is 23.6. The number of hydrogen-bond acceptors (Lipinski definition) is 6. The van der Waals surface area contributed by atoms with Gasteiger partial charge in [0.2, 0.25) is 10.0 Å². The first-order chi connectivity index (χ1) is 12.9. The van der Waals surface area contributed by atoms with Crippen LogP contribution < -0.4 is 9.62 Å². The highest BCUT2D eigenvalue weighted by Crippen LogP contribution is 2.19. The highest BCUT2D eigenvalue weighted by atomic mass is 32.2. The minimum Gasteiger partial charge on any atom is -0.365 e. The normalized spacial score (nSPS) is 17.7. The molecule has 1 unspecified atom stereocenters. The second kappa shape index (κ2) is 7.82. The number of benzene rings is 2. The second-order valence-corrected chi connectivity index (χ2v) is 7.65. The molecule has 0 aromatic heterocycles. The first-order valence-corrected chi connectivity index (χ1v) is 9.56. The molecule has 1 saturated heterocycles. The number of ether oxygens (including phenoxy) is 1. The van der Waals surface area contributed by atoms with Gasteiger partial charge < -0.3 is 9.64 Å². The molecule has 0 spiro atoms. The van der Waals surface area contributed by atoms with E-state index in [4.69, 9.17) is 4.74 Å². The van der Waals surface area contributed by atoms with Gasteiger partial charge >= 0.3 is 0 Å². The van der Waals surface area contributed by atoms with Crippen molar-refractivity contribution < 1.29 is 22.9 Å². The van der Waals surface area contributed by atoms with E-state index in [2.05, 4.69) is 4.72 Å². The first kappa shape index (κ1) is 19.0. The highest BCUT2D eigenvalue weighted by molar-refractivity contribution is 7.89. The molecule has 0 aliphatic carbocycles. The summed E-state index contributed by atoms with van der Waals surface area (Å²) in [6.07, 6.45) is -0.545. The number of nitrogens with zero attached hydrogens (tertiary/aromatic N) is 2. The lowest BCUT2D eigenvalue weighted by atomic mass is 10.2. The number of para-hydroxylation sites is 1. The van der Waals surface area contributed by atoms with Gasteiger partial charge in [0.1, 0.15) is 6.61 Å². The molecule has 2 aromatic rings. The Balaban J connectivity index is 1.68. The third-order valence-corrected chi connectivity index (χ3v) is 5.46. The van der Waals surface area contributed by atoms with Crippen LogP contribution in [0, 0.1) is 10.1 Å². The molecule has 1 heterocycles.